The molecule has 1 unspecified atom stereocenters. The van der Waals surface area contributed by atoms with Crippen molar-refractivity contribution in [3.8, 4) is 5.75 Å². The van der Waals surface area contributed by atoms with Crippen LogP contribution in [0.15, 0.2) is 24.3 Å². The zero-order valence-electron chi connectivity index (χ0n) is 7.87. The van der Waals surface area contributed by atoms with Gasteiger partial charge in [-0.1, -0.05) is 17.7 Å². The Hall–Kier alpha value is -0.730. The van der Waals surface area contributed by atoms with Crippen molar-refractivity contribution in [2.45, 2.75) is 12.5 Å². The monoisotopic (exact) mass is 210 g/mol. The molecular weight excluding hydrogens is 198 g/mol. The predicted molar refractivity (Wildman–Crippen MR) is 57.7 cm³/mol. The van der Waals surface area contributed by atoms with Gasteiger partial charge in [0.05, 0.1) is 0 Å². The normalized spacial score (nSPS) is 21.9. The minimum Gasteiger partial charge on any atom is -0.489 e. The van der Waals surface area contributed by atoms with Crippen molar-refractivity contribution in [3.63, 3.8) is 0 Å². The van der Waals surface area contributed by atoms with Crippen molar-refractivity contribution < 1.29 is 4.74 Å². The molecule has 0 bridgehead atoms. The topological polar surface area (TPSA) is 21.3 Å². The number of rotatable bonds is 2. The Balaban J connectivity index is 1.95. The van der Waals surface area contributed by atoms with E-state index in [2.05, 4.69) is 11.7 Å². The maximum absolute atomic E-state index is 5.86. The lowest BCUT2D eigenvalue weighted by Crippen LogP contribution is -2.37. The standard InChI is InChI=1S/C11H13ClNO/c12-9-3-1-4-10(7-9)14-11-5-2-6-13-8-11/h1-4,7,11,13H,5-6,8H2. The van der Waals surface area contributed by atoms with Gasteiger partial charge in [-0.05, 0) is 37.6 Å². The highest BCUT2D eigenvalue weighted by Crippen LogP contribution is 2.19. The minimum absolute atomic E-state index is 0.238. The van der Waals surface area contributed by atoms with Crippen LogP contribution < -0.4 is 10.1 Å². The molecule has 1 aliphatic heterocycles. The molecule has 0 aliphatic carbocycles. The highest BCUT2D eigenvalue weighted by atomic mass is 35.5. The van der Waals surface area contributed by atoms with Crippen LogP contribution in [0.5, 0.6) is 5.75 Å². The summed E-state index contributed by atoms with van der Waals surface area (Å²) in [6.45, 7) is 1.89. The first-order chi connectivity index (χ1) is 6.84. The molecule has 1 saturated heterocycles. The molecule has 3 heteroatoms. The van der Waals surface area contributed by atoms with Gasteiger partial charge in [0.1, 0.15) is 11.9 Å². The second-order valence-electron chi connectivity index (χ2n) is 3.38. The van der Waals surface area contributed by atoms with E-state index in [4.69, 9.17) is 16.3 Å². The first-order valence-electron chi connectivity index (χ1n) is 4.79. The average molecular weight is 211 g/mol. The third-order valence-corrected chi connectivity index (χ3v) is 2.42. The smallest absolute Gasteiger partial charge is 0.121 e. The number of halogens is 1. The van der Waals surface area contributed by atoms with Crippen molar-refractivity contribution in [3.05, 3.63) is 35.7 Å². The Kier molecular flexibility index (Phi) is 3.27. The fourth-order valence-corrected chi connectivity index (χ4v) is 1.70. The van der Waals surface area contributed by atoms with Gasteiger partial charge in [0.15, 0.2) is 0 Å². The van der Waals surface area contributed by atoms with Crippen LogP contribution in [0.4, 0.5) is 0 Å². The van der Waals surface area contributed by atoms with E-state index in [1.165, 1.54) is 0 Å². The van der Waals surface area contributed by atoms with Crippen molar-refractivity contribution in [2.24, 2.45) is 0 Å². The van der Waals surface area contributed by atoms with Crippen LogP contribution in [-0.4, -0.2) is 19.2 Å². The molecule has 0 amide bonds. The summed E-state index contributed by atoms with van der Waals surface area (Å²) in [7, 11) is 0. The van der Waals surface area contributed by atoms with E-state index >= 15 is 0 Å². The molecule has 2 nitrogen and oxygen atoms in total. The molecule has 1 aliphatic rings. The average Bonchev–Trinajstić information content (AvgIpc) is 2.19. The van der Waals surface area contributed by atoms with Crippen molar-refractivity contribution in [1.29, 1.82) is 0 Å². The summed E-state index contributed by atoms with van der Waals surface area (Å²) in [5, 5.41) is 3.97. The molecule has 1 heterocycles. The first kappa shape index (κ1) is 9.81. The summed E-state index contributed by atoms with van der Waals surface area (Å²) in [5.74, 6) is 0.847. The molecular formula is C11H13ClNO. The molecule has 1 radical (unpaired) electrons. The first-order valence-corrected chi connectivity index (χ1v) is 5.17. The van der Waals surface area contributed by atoms with Crippen molar-refractivity contribution in [1.82, 2.24) is 5.32 Å². The zero-order chi connectivity index (χ0) is 9.80. The quantitative estimate of drug-likeness (QED) is 0.809. The molecule has 1 aromatic carbocycles. The Morgan fingerprint density at radius 3 is 3.07 bits per heavy atom. The van der Waals surface area contributed by atoms with Gasteiger partial charge in [0.2, 0.25) is 0 Å². The third kappa shape index (κ3) is 2.63. The van der Waals surface area contributed by atoms with E-state index in [-0.39, 0.29) is 6.10 Å². The van der Waals surface area contributed by atoms with Gasteiger partial charge in [-0.15, -0.1) is 0 Å². The van der Waals surface area contributed by atoms with Gasteiger partial charge in [-0.3, -0.25) is 0 Å². The van der Waals surface area contributed by atoms with E-state index in [1.807, 2.05) is 24.3 Å². The minimum atomic E-state index is 0.238. The van der Waals surface area contributed by atoms with E-state index in [0.29, 0.717) is 0 Å². The molecule has 75 valence electrons. The van der Waals surface area contributed by atoms with Gasteiger partial charge in [-0.25, -0.2) is 0 Å². The number of hydrogen-bond donors (Lipinski definition) is 1. The molecule has 1 N–H and O–H groups in total. The lowest BCUT2D eigenvalue weighted by atomic mass is 10.1. The molecule has 2 rings (SSSR count). The van der Waals surface area contributed by atoms with Gasteiger partial charge in [0.25, 0.3) is 0 Å². The van der Waals surface area contributed by atoms with Crippen LogP contribution in [0.1, 0.15) is 6.42 Å². The van der Waals surface area contributed by atoms with Gasteiger partial charge < -0.3 is 10.1 Å². The van der Waals surface area contributed by atoms with Crippen LogP contribution in [0.2, 0.25) is 5.02 Å². The summed E-state index contributed by atoms with van der Waals surface area (Å²) in [6, 6.07) is 7.52. The highest BCUT2D eigenvalue weighted by Gasteiger charge is 2.14. The SMILES string of the molecule is Clc1cccc(OC2C[CH]CNC2)c1. The Bertz CT molecular complexity index is 297. The number of benzene rings is 1. The van der Waals surface area contributed by atoms with Crippen molar-refractivity contribution >= 4 is 11.6 Å². The number of nitrogens with one attached hydrogen (secondary N) is 1. The van der Waals surface area contributed by atoms with Crippen LogP contribution in [0.25, 0.3) is 0 Å². The molecule has 1 fully saturated rings. The van der Waals surface area contributed by atoms with Gasteiger partial charge in [-0.2, -0.15) is 0 Å². The maximum atomic E-state index is 5.86. The van der Waals surface area contributed by atoms with E-state index in [1.54, 1.807) is 0 Å². The lowest BCUT2D eigenvalue weighted by Gasteiger charge is -2.23. The van der Waals surface area contributed by atoms with Crippen LogP contribution in [0, 0.1) is 6.42 Å². The van der Waals surface area contributed by atoms with Crippen LogP contribution in [0.3, 0.4) is 0 Å². The highest BCUT2D eigenvalue weighted by molar-refractivity contribution is 6.30. The fourth-order valence-electron chi connectivity index (χ4n) is 1.52. The lowest BCUT2D eigenvalue weighted by molar-refractivity contribution is 0.185. The van der Waals surface area contributed by atoms with Crippen LogP contribution in [-0.2, 0) is 0 Å². The Labute approximate surface area is 89.2 Å². The van der Waals surface area contributed by atoms with Crippen LogP contribution >= 0.6 is 11.6 Å². The Morgan fingerprint density at radius 2 is 2.36 bits per heavy atom. The Morgan fingerprint density at radius 1 is 1.43 bits per heavy atom. The molecule has 0 spiro atoms. The summed E-state index contributed by atoms with van der Waals surface area (Å²) in [4.78, 5) is 0. The number of piperidine rings is 1. The zero-order valence-corrected chi connectivity index (χ0v) is 8.63. The molecule has 14 heavy (non-hydrogen) atoms. The largest absolute Gasteiger partial charge is 0.489 e. The number of ether oxygens (including phenoxy) is 1. The molecule has 0 aromatic heterocycles. The fraction of sp³-hybridized carbons (Fsp3) is 0.364. The molecule has 1 atom stereocenters. The number of hydrogen-bond acceptors (Lipinski definition) is 2. The maximum Gasteiger partial charge on any atom is 0.121 e. The van der Waals surface area contributed by atoms with Crippen molar-refractivity contribution in [2.75, 3.05) is 13.1 Å². The summed E-state index contributed by atoms with van der Waals surface area (Å²) in [6.07, 6.45) is 3.43. The van der Waals surface area contributed by atoms with Gasteiger partial charge in [0, 0.05) is 11.6 Å². The summed E-state index contributed by atoms with van der Waals surface area (Å²) < 4.78 is 5.76. The second kappa shape index (κ2) is 4.67. The molecule has 1 aromatic rings. The van der Waals surface area contributed by atoms with E-state index < -0.39 is 0 Å². The second-order valence-corrected chi connectivity index (χ2v) is 3.82. The van der Waals surface area contributed by atoms with E-state index in [0.717, 1.165) is 30.3 Å². The van der Waals surface area contributed by atoms with Gasteiger partial charge >= 0.3 is 0 Å². The summed E-state index contributed by atoms with van der Waals surface area (Å²) >= 11 is 5.86. The van der Waals surface area contributed by atoms with E-state index in [9.17, 15) is 0 Å². The summed E-state index contributed by atoms with van der Waals surface area (Å²) in [5.41, 5.74) is 0. The molecule has 0 saturated carbocycles. The third-order valence-electron chi connectivity index (χ3n) is 2.19. The predicted octanol–water partition coefficient (Wildman–Crippen LogP) is 2.28.